The number of fused-ring (bicyclic) bond motifs is 2. The first-order chi connectivity index (χ1) is 10.3. The van der Waals surface area contributed by atoms with Gasteiger partial charge in [-0.25, -0.2) is 0 Å². The van der Waals surface area contributed by atoms with Gasteiger partial charge in [-0.2, -0.15) is 0 Å². The summed E-state index contributed by atoms with van der Waals surface area (Å²) in [7, 11) is 0. The molecule has 21 heavy (non-hydrogen) atoms. The van der Waals surface area contributed by atoms with Crippen LogP contribution in [0.5, 0.6) is 0 Å². The largest absolute Gasteiger partial charge is 0.0616 e. The van der Waals surface area contributed by atoms with Crippen LogP contribution in [0.15, 0.2) is 78.9 Å². The van der Waals surface area contributed by atoms with Crippen LogP contribution in [0.3, 0.4) is 0 Å². The zero-order chi connectivity index (χ0) is 14.2. The lowest BCUT2D eigenvalue weighted by Gasteiger charge is -2.08. The minimum absolute atomic E-state index is 1.28. The lowest BCUT2D eigenvalue weighted by molar-refractivity contribution is 1.51. The molecule has 0 aliphatic rings. The van der Waals surface area contributed by atoms with Crippen molar-refractivity contribution in [2.45, 2.75) is 6.92 Å². The van der Waals surface area contributed by atoms with Crippen molar-refractivity contribution in [3.8, 4) is 11.1 Å². The van der Waals surface area contributed by atoms with E-state index in [2.05, 4.69) is 85.8 Å². The molecule has 100 valence electrons. The molecule has 0 atom stereocenters. The van der Waals surface area contributed by atoms with Gasteiger partial charge in [0.2, 0.25) is 0 Å². The number of hydrogen-bond donors (Lipinski definition) is 0. The zero-order valence-electron chi connectivity index (χ0n) is 12.0. The second-order valence-corrected chi connectivity index (χ2v) is 5.59. The van der Waals surface area contributed by atoms with Crippen LogP contribution in [-0.2, 0) is 0 Å². The Morgan fingerprint density at radius 2 is 1.33 bits per heavy atom. The molecule has 4 aromatic rings. The Kier molecular flexibility index (Phi) is 2.75. The molecule has 4 rings (SSSR count). The van der Waals surface area contributed by atoms with Gasteiger partial charge in [0.05, 0.1) is 0 Å². The van der Waals surface area contributed by atoms with Gasteiger partial charge in [0, 0.05) is 0 Å². The molecule has 4 aromatic carbocycles. The van der Waals surface area contributed by atoms with Gasteiger partial charge >= 0.3 is 0 Å². The lowest BCUT2D eigenvalue weighted by atomic mass is 9.96. The molecule has 0 unspecified atom stereocenters. The van der Waals surface area contributed by atoms with Crippen LogP contribution in [0.4, 0.5) is 0 Å². The molecule has 0 aliphatic heterocycles. The standard InChI is InChI=1S/C21H16/c1-15-9-10-18-14-19(12-11-17(18)13-15)21-8-4-6-16-5-2-3-7-20(16)21/h2-14H,1H3. The third-order valence-corrected chi connectivity index (χ3v) is 4.10. The van der Waals surface area contributed by atoms with Crippen LogP contribution >= 0.6 is 0 Å². The first-order valence-electron chi connectivity index (χ1n) is 7.30. The van der Waals surface area contributed by atoms with Crippen molar-refractivity contribution >= 4 is 21.5 Å². The molecular weight excluding hydrogens is 252 g/mol. The van der Waals surface area contributed by atoms with Crippen LogP contribution in [0, 0.1) is 6.92 Å². The zero-order valence-corrected chi connectivity index (χ0v) is 12.0. The van der Waals surface area contributed by atoms with Crippen molar-refractivity contribution in [2.24, 2.45) is 0 Å². The fourth-order valence-electron chi connectivity index (χ4n) is 3.01. The first kappa shape index (κ1) is 12.2. The van der Waals surface area contributed by atoms with Gasteiger partial charge in [0.1, 0.15) is 0 Å². The molecule has 0 bridgehead atoms. The average Bonchev–Trinajstić information content (AvgIpc) is 2.54. The maximum Gasteiger partial charge on any atom is -0.0105 e. The highest BCUT2D eigenvalue weighted by Crippen LogP contribution is 2.30. The van der Waals surface area contributed by atoms with Crippen LogP contribution in [0.25, 0.3) is 32.7 Å². The maximum atomic E-state index is 2.29. The van der Waals surface area contributed by atoms with E-state index in [0.29, 0.717) is 0 Å². The Balaban J connectivity index is 1.98. The van der Waals surface area contributed by atoms with E-state index in [1.165, 1.54) is 38.2 Å². The average molecular weight is 268 g/mol. The Morgan fingerprint density at radius 3 is 2.29 bits per heavy atom. The van der Waals surface area contributed by atoms with Gasteiger partial charge in [0.25, 0.3) is 0 Å². The van der Waals surface area contributed by atoms with Crippen LogP contribution in [-0.4, -0.2) is 0 Å². The van der Waals surface area contributed by atoms with E-state index in [-0.39, 0.29) is 0 Å². The first-order valence-corrected chi connectivity index (χ1v) is 7.30. The molecule has 0 heterocycles. The summed E-state index contributed by atoms with van der Waals surface area (Å²) in [5, 5.41) is 5.20. The predicted molar refractivity (Wildman–Crippen MR) is 91.6 cm³/mol. The molecule has 0 aliphatic carbocycles. The minimum Gasteiger partial charge on any atom is -0.0616 e. The second kappa shape index (κ2) is 4.75. The minimum atomic E-state index is 1.28. The van der Waals surface area contributed by atoms with Gasteiger partial charge in [-0.05, 0) is 45.7 Å². The SMILES string of the molecule is Cc1ccc2cc(-c3cccc4ccccc34)ccc2c1. The third-order valence-electron chi connectivity index (χ3n) is 4.10. The van der Waals surface area contributed by atoms with E-state index in [4.69, 9.17) is 0 Å². The summed E-state index contributed by atoms with van der Waals surface area (Å²) < 4.78 is 0. The number of benzene rings is 4. The molecule has 0 saturated heterocycles. The smallest absolute Gasteiger partial charge is 0.0105 e. The summed E-state index contributed by atoms with van der Waals surface area (Å²) in [5.74, 6) is 0. The Bertz CT molecular complexity index is 943. The van der Waals surface area contributed by atoms with Crippen molar-refractivity contribution in [2.75, 3.05) is 0 Å². The number of hydrogen-bond acceptors (Lipinski definition) is 0. The highest BCUT2D eigenvalue weighted by molar-refractivity contribution is 5.99. The Labute approximate surface area is 124 Å². The number of aryl methyl sites for hydroxylation is 1. The maximum absolute atomic E-state index is 2.29. The molecule has 0 saturated carbocycles. The molecule has 0 heteroatoms. The van der Waals surface area contributed by atoms with E-state index in [9.17, 15) is 0 Å². The summed E-state index contributed by atoms with van der Waals surface area (Å²) in [6, 6.07) is 28.4. The lowest BCUT2D eigenvalue weighted by Crippen LogP contribution is -1.82. The summed E-state index contributed by atoms with van der Waals surface area (Å²) >= 11 is 0. The van der Waals surface area contributed by atoms with Gasteiger partial charge in [-0.15, -0.1) is 0 Å². The summed E-state index contributed by atoms with van der Waals surface area (Å²) in [6.45, 7) is 2.14. The summed E-state index contributed by atoms with van der Waals surface area (Å²) in [6.07, 6.45) is 0. The molecule has 0 radical (unpaired) electrons. The van der Waals surface area contributed by atoms with Crippen molar-refractivity contribution < 1.29 is 0 Å². The van der Waals surface area contributed by atoms with Gasteiger partial charge < -0.3 is 0 Å². The van der Waals surface area contributed by atoms with E-state index in [1.54, 1.807) is 0 Å². The topological polar surface area (TPSA) is 0 Å². The van der Waals surface area contributed by atoms with Gasteiger partial charge in [0.15, 0.2) is 0 Å². The fraction of sp³-hybridized carbons (Fsp3) is 0.0476. The summed E-state index contributed by atoms with van der Waals surface area (Å²) in [4.78, 5) is 0. The van der Waals surface area contributed by atoms with Crippen molar-refractivity contribution in [3.05, 3.63) is 84.4 Å². The highest BCUT2D eigenvalue weighted by atomic mass is 14.1. The number of rotatable bonds is 1. The summed E-state index contributed by atoms with van der Waals surface area (Å²) in [5.41, 5.74) is 3.89. The monoisotopic (exact) mass is 268 g/mol. The van der Waals surface area contributed by atoms with E-state index in [1.807, 2.05) is 0 Å². The van der Waals surface area contributed by atoms with E-state index >= 15 is 0 Å². The molecule has 0 spiro atoms. The van der Waals surface area contributed by atoms with Gasteiger partial charge in [-0.1, -0.05) is 78.4 Å². The third kappa shape index (κ3) is 2.09. The second-order valence-electron chi connectivity index (χ2n) is 5.59. The van der Waals surface area contributed by atoms with Gasteiger partial charge in [-0.3, -0.25) is 0 Å². The molecule has 0 amide bonds. The molecule has 0 fully saturated rings. The predicted octanol–water partition coefficient (Wildman–Crippen LogP) is 5.97. The highest BCUT2D eigenvalue weighted by Gasteiger charge is 2.04. The van der Waals surface area contributed by atoms with Crippen molar-refractivity contribution in [1.29, 1.82) is 0 Å². The normalized spacial score (nSPS) is 11.1. The molecule has 0 aromatic heterocycles. The van der Waals surface area contributed by atoms with E-state index in [0.717, 1.165) is 0 Å². The fourth-order valence-corrected chi connectivity index (χ4v) is 3.01. The Morgan fingerprint density at radius 1 is 0.571 bits per heavy atom. The molecule has 0 nitrogen and oxygen atoms in total. The van der Waals surface area contributed by atoms with E-state index < -0.39 is 0 Å². The molecule has 0 N–H and O–H groups in total. The van der Waals surface area contributed by atoms with Crippen LogP contribution < -0.4 is 0 Å². The van der Waals surface area contributed by atoms with Crippen molar-refractivity contribution in [1.82, 2.24) is 0 Å². The van der Waals surface area contributed by atoms with Crippen LogP contribution in [0.1, 0.15) is 5.56 Å². The Hall–Kier alpha value is -2.60. The molecular formula is C21H16. The van der Waals surface area contributed by atoms with Crippen molar-refractivity contribution in [3.63, 3.8) is 0 Å². The van der Waals surface area contributed by atoms with Crippen LogP contribution in [0.2, 0.25) is 0 Å². The quantitative estimate of drug-likeness (QED) is 0.399.